The summed E-state index contributed by atoms with van der Waals surface area (Å²) in [6.45, 7) is 1.26. The van der Waals surface area contributed by atoms with E-state index >= 15 is 0 Å². The third-order valence-electron chi connectivity index (χ3n) is 6.10. The Kier molecular flexibility index (Phi) is 8.66. The average molecular weight is 515 g/mol. The minimum atomic E-state index is -0.511. The van der Waals surface area contributed by atoms with E-state index in [2.05, 4.69) is 0 Å². The largest absolute Gasteiger partial charge is 0.491 e. The Balaban J connectivity index is 1.52. The third-order valence-corrected chi connectivity index (χ3v) is 7.09. The van der Waals surface area contributed by atoms with E-state index in [1.807, 2.05) is 11.4 Å². The van der Waals surface area contributed by atoms with Crippen LogP contribution in [0.3, 0.4) is 0 Å². The molecule has 0 aliphatic carbocycles. The van der Waals surface area contributed by atoms with Gasteiger partial charge < -0.3 is 19.3 Å². The standard InChI is InChI=1S/C27H28F2N2O4S/c1-34-14-3-12-30(27(33)19-4-2-5-21(29)16-19)17-26(32)31-13-10-25-23(11-15-36-25)24(31)18-35-22-8-6-20(28)7-9-22/h2,4-9,11,15-16,24H,3,10,12-14,17-18H2,1H3/t24-/m1/s1. The van der Waals surface area contributed by atoms with Crippen molar-refractivity contribution in [3.05, 3.63) is 87.6 Å². The predicted molar refractivity (Wildman–Crippen MR) is 133 cm³/mol. The van der Waals surface area contributed by atoms with Crippen LogP contribution in [0.2, 0.25) is 0 Å². The first-order valence-corrected chi connectivity index (χ1v) is 12.6. The van der Waals surface area contributed by atoms with Gasteiger partial charge in [-0.3, -0.25) is 9.59 Å². The van der Waals surface area contributed by atoms with E-state index in [0.717, 1.165) is 5.56 Å². The van der Waals surface area contributed by atoms with Crippen molar-refractivity contribution >= 4 is 23.2 Å². The maximum absolute atomic E-state index is 13.8. The van der Waals surface area contributed by atoms with Crippen molar-refractivity contribution in [1.29, 1.82) is 0 Å². The van der Waals surface area contributed by atoms with Crippen LogP contribution in [0.4, 0.5) is 8.78 Å². The monoisotopic (exact) mass is 514 g/mol. The van der Waals surface area contributed by atoms with E-state index in [0.29, 0.717) is 38.3 Å². The molecule has 0 radical (unpaired) electrons. The maximum Gasteiger partial charge on any atom is 0.254 e. The van der Waals surface area contributed by atoms with Crippen molar-refractivity contribution < 1.29 is 27.8 Å². The van der Waals surface area contributed by atoms with Crippen LogP contribution in [-0.2, 0) is 16.0 Å². The van der Waals surface area contributed by atoms with E-state index in [4.69, 9.17) is 9.47 Å². The van der Waals surface area contributed by atoms with Crippen molar-refractivity contribution in [2.75, 3.05) is 40.0 Å². The molecule has 9 heteroatoms. The molecule has 1 aromatic heterocycles. The molecule has 0 N–H and O–H groups in total. The fourth-order valence-electron chi connectivity index (χ4n) is 4.29. The normalized spacial score (nSPS) is 14.9. The Labute approximate surface area is 213 Å². The quantitative estimate of drug-likeness (QED) is 0.368. The Hall–Kier alpha value is -3.30. The van der Waals surface area contributed by atoms with Gasteiger partial charge in [0.15, 0.2) is 0 Å². The van der Waals surface area contributed by atoms with Gasteiger partial charge in [0.2, 0.25) is 5.91 Å². The molecule has 0 fully saturated rings. The van der Waals surface area contributed by atoms with Crippen LogP contribution in [0.1, 0.15) is 33.3 Å². The smallest absolute Gasteiger partial charge is 0.254 e. The average Bonchev–Trinajstić information content (AvgIpc) is 3.36. The molecule has 2 aromatic carbocycles. The number of halogens is 2. The van der Waals surface area contributed by atoms with Crippen molar-refractivity contribution in [2.45, 2.75) is 18.9 Å². The first-order chi connectivity index (χ1) is 17.5. The lowest BCUT2D eigenvalue weighted by Crippen LogP contribution is -2.48. The molecular weight excluding hydrogens is 486 g/mol. The van der Waals surface area contributed by atoms with Crippen molar-refractivity contribution in [1.82, 2.24) is 9.80 Å². The van der Waals surface area contributed by atoms with Crippen LogP contribution in [0.5, 0.6) is 5.75 Å². The Morgan fingerprint density at radius 2 is 1.92 bits per heavy atom. The minimum Gasteiger partial charge on any atom is -0.491 e. The van der Waals surface area contributed by atoms with Crippen LogP contribution in [-0.4, -0.2) is 61.6 Å². The highest BCUT2D eigenvalue weighted by atomic mass is 32.1. The van der Waals surface area contributed by atoms with Gasteiger partial charge in [-0.1, -0.05) is 6.07 Å². The fraction of sp³-hybridized carbons (Fsp3) is 0.333. The number of benzene rings is 2. The number of hydrogen-bond acceptors (Lipinski definition) is 5. The number of ether oxygens (including phenoxy) is 2. The lowest BCUT2D eigenvalue weighted by molar-refractivity contribution is -0.135. The summed E-state index contributed by atoms with van der Waals surface area (Å²) in [7, 11) is 1.57. The lowest BCUT2D eigenvalue weighted by Gasteiger charge is -2.37. The number of methoxy groups -OCH3 is 1. The molecule has 2 heterocycles. The second kappa shape index (κ2) is 12.1. The van der Waals surface area contributed by atoms with Gasteiger partial charge >= 0.3 is 0 Å². The van der Waals surface area contributed by atoms with Gasteiger partial charge in [-0.15, -0.1) is 11.3 Å². The summed E-state index contributed by atoms with van der Waals surface area (Å²) in [4.78, 5) is 31.1. The molecule has 190 valence electrons. The highest BCUT2D eigenvalue weighted by Crippen LogP contribution is 2.34. The molecule has 2 amide bonds. The van der Waals surface area contributed by atoms with E-state index < -0.39 is 11.7 Å². The second-order valence-electron chi connectivity index (χ2n) is 8.50. The Morgan fingerprint density at radius 3 is 2.67 bits per heavy atom. The van der Waals surface area contributed by atoms with Crippen LogP contribution in [0, 0.1) is 11.6 Å². The summed E-state index contributed by atoms with van der Waals surface area (Å²) in [6, 6.07) is 12.9. The number of nitrogens with zero attached hydrogens (tertiary/aromatic N) is 2. The summed E-state index contributed by atoms with van der Waals surface area (Å²) in [6.07, 6.45) is 1.25. The highest BCUT2D eigenvalue weighted by molar-refractivity contribution is 7.10. The van der Waals surface area contributed by atoms with E-state index in [-0.39, 0.29) is 36.5 Å². The second-order valence-corrected chi connectivity index (χ2v) is 9.50. The fourth-order valence-corrected chi connectivity index (χ4v) is 5.22. The van der Waals surface area contributed by atoms with Crippen LogP contribution < -0.4 is 4.74 Å². The molecule has 3 aromatic rings. The molecule has 1 aliphatic heterocycles. The van der Waals surface area contributed by atoms with Crippen LogP contribution >= 0.6 is 11.3 Å². The summed E-state index contributed by atoms with van der Waals surface area (Å²) in [5.74, 6) is -0.988. The number of carbonyl (C=O) groups excluding carboxylic acids is 2. The van der Waals surface area contributed by atoms with Crippen molar-refractivity contribution in [2.24, 2.45) is 0 Å². The van der Waals surface area contributed by atoms with Gasteiger partial charge in [0, 0.05) is 37.2 Å². The Bertz CT molecular complexity index is 1180. The molecule has 6 nitrogen and oxygen atoms in total. The van der Waals surface area contributed by atoms with Crippen molar-refractivity contribution in [3.8, 4) is 5.75 Å². The SMILES string of the molecule is COCCCN(CC(=O)N1CCc2sccc2[C@H]1COc1ccc(F)cc1)C(=O)c1cccc(F)c1. The molecule has 0 spiro atoms. The lowest BCUT2D eigenvalue weighted by atomic mass is 10.0. The number of carbonyl (C=O) groups is 2. The van der Waals surface area contributed by atoms with E-state index in [1.165, 1.54) is 46.2 Å². The third kappa shape index (κ3) is 6.27. The molecule has 4 rings (SSSR count). The zero-order valence-corrected chi connectivity index (χ0v) is 20.8. The molecule has 0 bridgehead atoms. The summed E-state index contributed by atoms with van der Waals surface area (Å²) >= 11 is 1.64. The molecule has 0 saturated carbocycles. The number of amides is 2. The van der Waals surface area contributed by atoms with Crippen LogP contribution in [0.15, 0.2) is 60.0 Å². The maximum atomic E-state index is 13.8. The predicted octanol–water partition coefficient (Wildman–Crippen LogP) is 4.71. The van der Waals surface area contributed by atoms with Gasteiger partial charge in [-0.05, 0) is 72.3 Å². The van der Waals surface area contributed by atoms with E-state index in [1.54, 1.807) is 35.5 Å². The molecule has 36 heavy (non-hydrogen) atoms. The molecule has 0 saturated heterocycles. The topological polar surface area (TPSA) is 59.1 Å². The van der Waals surface area contributed by atoms with E-state index in [9.17, 15) is 18.4 Å². The van der Waals surface area contributed by atoms with Gasteiger partial charge in [0.25, 0.3) is 5.91 Å². The number of hydrogen-bond donors (Lipinski definition) is 0. The van der Waals surface area contributed by atoms with Gasteiger partial charge in [0.05, 0.1) is 6.04 Å². The number of fused-ring (bicyclic) bond motifs is 1. The first-order valence-electron chi connectivity index (χ1n) is 11.7. The summed E-state index contributed by atoms with van der Waals surface area (Å²) in [5.41, 5.74) is 1.21. The van der Waals surface area contributed by atoms with Crippen molar-refractivity contribution in [3.63, 3.8) is 0 Å². The molecular formula is C27H28F2N2O4S. The van der Waals surface area contributed by atoms with Gasteiger partial charge in [-0.25, -0.2) is 8.78 Å². The summed E-state index contributed by atoms with van der Waals surface area (Å²) in [5, 5.41) is 1.99. The van der Waals surface area contributed by atoms with Crippen LogP contribution in [0.25, 0.3) is 0 Å². The van der Waals surface area contributed by atoms with Gasteiger partial charge in [0.1, 0.15) is 30.5 Å². The number of rotatable bonds is 10. The molecule has 1 atom stereocenters. The minimum absolute atomic E-state index is 0.147. The highest BCUT2D eigenvalue weighted by Gasteiger charge is 2.33. The van der Waals surface area contributed by atoms with Gasteiger partial charge in [-0.2, -0.15) is 0 Å². The molecule has 0 unspecified atom stereocenters. The zero-order valence-electron chi connectivity index (χ0n) is 20.0. The Morgan fingerprint density at radius 1 is 1.11 bits per heavy atom. The zero-order chi connectivity index (χ0) is 25.5. The first kappa shape index (κ1) is 25.8. The summed E-state index contributed by atoms with van der Waals surface area (Å²) < 4.78 is 38.1. The number of thiophene rings is 1. The molecule has 1 aliphatic rings.